The van der Waals surface area contributed by atoms with Gasteiger partial charge >= 0.3 is 12.0 Å². The molecule has 2 aliphatic rings. The predicted molar refractivity (Wildman–Crippen MR) is 97.9 cm³/mol. The number of esters is 1. The zero-order valence-electron chi connectivity index (χ0n) is 15.0. The summed E-state index contributed by atoms with van der Waals surface area (Å²) in [6, 6.07) is 14.2. The van der Waals surface area contributed by atoms with Crippen LogP contribution >= 0.6 is 0 Å². The largest absolute Gasteiger partial charge is 0.465 e. The Bertz CT molecular complexity index is 939. The third-order valence-corrected chi connectivity index (χ3v) is 5.34. The number of nitrogens with zero attached hydrogens (tertiary/aromatic N) is 1. The monoisotopic (exact) mass is 364 g/mol. The molecule has 0 radical (unpaired) electrons. The number of fused-ring (bicyclic) bond motifs is 2. The van der Waals surface area contributed by atoms with E-state index in [1.165, 1.54) is 12.0 Å². The van der Waals surface area contributed by atoms with Crippen molar-refractivity contribution in [2.75, 3.05) is 7.11 Å². The Balaban J connectivity index is 1.65. The van der Waals surface area contributed by atoms with Crippen molar-refractivity contribution in [3.63, 3.8) is 0 Å². The molecule has 1 heterocycles. The standard InChI is InChI=1S/C21H20N2O4/c1-27-18(24)16-8-4-6-14(12-16)13-23-19(25)21(22-20(23)26)11-5-9-15-7-2-3-10-17(15)21/h2-4,6-8,10,12H,5,9,11,13H2,1H3,(H,22,26). The van der Waals surface area contributed by atoms with Crippen LogP contribution in [0.1, 0.15) is 39.9 Å². The molecule has 0 bridgehead atoms. The molecule has 1 aliphatic heterocycles. The topological polar surface area (TPSA) is 75.7 Å². The van der Waals surface area contributed by atoms with Gasteiger partial charge in [-0.05, 0) is 48.1 Å². The molecule has 1 N–H and O–H groups in total. The van der Waals surface area contributed by atoms with Gasteiger partial charge in [-0.25, -0.2) is 9.59 Å². The molecule has 1 saturated heterocycles. The average molecular weight is 364 g/mol. The van der Waals surface area contributed by atoms with E-state index in [0.717, 1.165) is 24.0 Å². The molecule has 4 rings (SSSR count). The number of carbonyl (C=O) groups is 3. The average Bonchev–Trinajstić information content (AvgIpc) is 2.93. The fourth-order valence-corrected chi connectivity index (χ4v) is 4.05. The quantitative estimate of drug-likeness (QED) is 0.671. The van der Waals surface area contributed by atoms with E-state index in [1.54, 1.807) is 24.3 Å². The van der Waals surface area contributed by atoms with Gasteiger partial charge in [0, 0.05) is 0 Å². The molecule has 6 nitrogen and oxygen atoms in total. The van der Waals surface area contributed by atoms with E-state index in [4.69, 9.17) is 4.74 Å². The molecule has 27 heavy (non-hydrogen) atoms. The predicted octanol–water partition coefficient (Wildman–Crippen LogP) is 2.76. The van der Waals surface area contributed by atoms with Crippen molar-refractivity contribution in [2.24, 2.45) is 0 Å². The third-order valence-electron chi connectivity index (χ3n) is 5.34. The second kappa shape index (κ2) is 6.54. The van der Waals surface area contributed by atoms with Crippen molar-refractivity contribution < 1.29 is 19.1 Å². The van der Waals surface area contributed by atoms with E-state index in [-0.39, 0.29) is 12.5 Å². The highest BCUT2D eigenvalue weighted by atomic mass is 16.5. The Kier molecular flexibility index (Phi) is 4.18. The number of aryl methyl sites for hydroxylation is 1. The van der Waals surface area contributed by atoms with Gasteiger partial charge in [-0.1, -0.05) is 36.4 Å². The van der Waals surface area contributed by atoms with E-state index < -0.39 is 17.5 Å². The number of amides is 3. The Morgan fingerprint density at radius 3 is 2.81 bits per heavy atom. The highest BCUT2D eigenvalue weighted by Crippen LogP contribution is 2.40. The molecule has 0 aromatic heterocycles. The van der Waals surface area contributed by atoms with Crippen molar-refractivity contribution >= 4 is 17.9 Å². The Labute approximate surface area is 157 Å². The van der Waals surface area contributed by atoms with Crippen molar-refractivity contribution in [3.8, 4) is 0 Å². The zero-order valence-corrected chi connectivity index (χ0v) is 15.0. The number of urea groups is 1. The molecule has 1 unspecified atom stereocenters. The molecule has 6 heteroatoms. The number of imide groups is 1. The number of carbonyl (C=O) groups excluding carboxylic acids is 3. The third kappa shape index (κ3) is 2.77. The van der Waals surface area contributed by atoms with Crippen molar-refractivity contribution in [2.45, 2.75) is 31.3 Å². The second-order valence-electron chi connectivity index (χ2n) is 6.93. The van der Waals surface area contributed by atoms with Crippen molar-refractivity contribution in [1.82, 2.24) is 10.2 Å². The molecule has 1 spiro atoms. The van der Waals surface area contributed by atoms with E-state index in [1.807, 2.05) is 24.3 Å². The van der Waals surface area contributed by atoms with Crippen LogP contribution in [0, 0.1) is 0 Å². The van der Waals surface area contributed by atoms with Gasteiger partial charge in [-0.2, -0.15) is 0 Å². The van der Waals surface area contributed by atoms with Crippen LogP contribution in [-0.4, -0.2) is 29.9 Å². The van der Waals surface area contributed by atoms with Gasteiger partial charge in [-0.15, -0.1) is 0 Å². The minimum atomic E-state index is -0.980. The highest BCUT2D eigenvalue weighted by Gasteiger charge is 2.53. The summed E-state index contributed by atoms with van der Waals surface area (Å²) < 4.78 is 4.73. The normalized spacial score (nSPS) is 21.1. The lowest BCUT2D eigenvalue weighted by Crippen LogP contribution is -2.46. The van der Waals surface area contributed by atoms with Gasteiger partial charge in [-0.3, -0.25) is 9.69 Å². The maximum Gasteiger partial charge on any atom is 0.337 e. The molecule has 1 aliphatic carbocycles. The molecule has 1 atom stereocenters. The first-order chi connectivity index (χ1) is 13.0. The summed E-state index contributed by atoms with van der Waals surface area (Å²) in [5.74, 6) is -0.685. The summed E-state index contributed by atoms with van der Waals surface area (Å²) >= 11 is 0. The van der Waals surface area contributed by atoms with Crippen LogP contribution in [0.15, 0.2) is 48.5 Å². The fourth-order valence-electron chi connectivity index (χ4n) is 4.05. The summed E-state index contributed by atoms with van der Waals surface area (Å²) in [6.07, 6.45) is 2.34. The number of hydrogen-bond acceptors (Lipinski definition) is 4. The first-order valence-corrected chi connectivity index (χ1v) is 8.95. The van der Waals surface area contributed by atoms with E-state index in [2.05, 4.69) is 5.32 Å². The van der Waals surface area contributed by atoms with Gasteiger partial charge in [0.15, 0.2) is 0 Å². The second-order valence-corrected chi connectivity index (χ2v) is 6.93. The minimum Gasteiger partial charge on any atom is -0.465 e. The Morgan fingerprint density at radius 1 is 1.19 bits per heavy atom. The first-order valence-electron chi connectivity index (χ1n) is 8.95. The summed E-state index contributed by atoms with van der Waals surface area (Å²) in [7, 11) is 1.32. The molecule has 2 aromatic rings. The van der Waals surface area contributed by atoms with Crippen LogP contribution in [0.25, 0.3) is 0 Å². The van der Waals surface area contributed by atoms with Crippen LogP contribution < -0.4 is 5.32 Å². The molecule has 1 fully saturated rings. The zero-order chi connectivity index (χ0) is 19.0. The summed E-state index contributed by atoms with van der Waals surface area (Å²) in [5.41, 5.74) is 2.10. The van der Waals surface area contributed by atoms with Crippen LogP contribution in [0.3, 0.4) is 0 Å². The molecule has 0 saturated carbocycles. The lowest BCUT2D eigenvalue weighted by atomic mass is 9.76. The number of hydrogen-bond donors (Lipinski definition) is 1. The van der Waals surface area contributed by atoms with Crippen LogP contribution in [0.4, 0.5) is 4.79 Å². The number of benzene rings is 2. The summed E-state index contributed by atoms with van der Waals surface area (Å²) in [6.45, 7) is 0.111. The summed E-state index contributed by atoms with van der Waals surface area (Å²) in [4.78, 5) is 38.9. The fraction of sp³-hybridized carbons (Fsp3) is 0.286. The lowest BCUT2D eigenvalue weighted by Gasteiger charge is -2.33. The maximum atomic E-state index is 13.3. The molecule has 3 amide bonds. The van der Waals surface area contributed by atoms with Gasteiger partial charge in [0.2, 0.25) is 0 Å². The molecular formula is C21H20N2O4. The lowest BCUT2D eigenvalue weighted by molar-refractivity contribution is -0.132. The van der Waals surface area contributed by atoms with Gasteiger partial charge in [0.1, 0.15) is 5.54 Å². The molecular weight excluding hydrogens is 344 g/mol. The van der Waals surface area contributed by atoms with Crippen molar-refractivity contribution in [1.29, 1.82) is 0 Å². The Hall–Kier alpha value is -3.15. The SMILES string of the molecule is COC(=O)c1cccc(CN2C(=O)NC3(CCCc4ccccc43)C2=O)c1. The van der Waals surface area contributed by atoms with Crippen LogP contribution in [-0.2, 0) is 28.0 Å². The van der Waals surface area contributed by atoms with E-state index in [0.29, 0.717) is 17.5 Å². The molecule has 138 valence electrons. The van der Waals surface area contributed by atoms with Gasteiger partial charge < -0.3 is 10.1 Å². The Morgan fingerprint density at radius 2 is 2.00 bits per heavy atom. The van der Waals surface area contributed by atoms with Gasteiger partial charge in [0.05, 0.1) is 19.2 Å². The number of methoxy groups -OCH3 is 1. The number of rotatable bonds is 3. The highest BCUT2D eigenvalue weighted by molar-refractivity contribution is 6.07. The van der Waals surface area contributed by atoms with Gasteiger partial charge in [0.25, 0.3) is 5.91 Å². The van der Waals surface area contributed by atoms with Crippen LogP contribution in [0.5, 0.6) is 0 Å². The van der Waals surface area contributed by atoms with Crippen molar-refractivity contribution in [3.05, 3.63) is 70.8 Å². The maximum absolute atomic E-state index is 13.3. The number of nitrogens with one attached hydrogen (secondary N) is 1. The van der Waals surface area contributed by atoms with Crippen LogP contribution in [0.2, 0.25) is 0 Å². The summed E-state index contributed by atoms with van der Waals surface area (Å²) in [5, 5.41) is 2.94. The van der Waals surface area contributed by atoms with E-state index >= 15 is 0 Å². The minimum absolute atomic E-state index is 0.111. The number of ether oxygens (including phenoxy) is 1. The van der Waals surface area contributed by atoms with E-state index in [9.17, 15) is 14.4 Å². The first kappa shape index (κ1) is 17.3. The molecule has 2 aromatic carbocycles. The smallest absolute Gasteiger partial charge is 0.337 e.